The number of phenolic OH excluding ortho intramolecular Hbond substituents is 1. The van der Waals surface area contributed by atoms with E-state index < -0.39 is 37.1 Å². The number of benzene rings is 1. The average molecular weight is 491 g/mol. The van der Waals surface area contributed by atoms with Crippen LogP contribution in [-0.4, -0.2) is 105 Å². The molecular weight excluding hydrogens is 456 g/mol. The number of likely N-dealkylation sites (tertiary alicyclic amines) is 1. The number of carbonyl (C=O) groups is 1. The van der Waals surface area contributed by atoms with Crippen LogP contribution in [0.1, 0.15) is 36.8 Å². The number of ether oxygens (including phenoxy) is 2. The van der Waals surface area contributed by atoms with Gasteiger partial charge < -0.3 is 45.2 Å². The highest BCUT2D eigenvalue weighted by atomic mass is 16.5. The molecule has 6 N–H and O–H groups in total. The Kier molecular flexibility index (Phi) is 5.55. The first-order valence-corrected chi connectivity index (χ1v) is 12.6. The number of likely N-dealkylation sites (N-methyl/N-ethyl adjacent to an activating group) is 1. The van der Waals surface area contributed by atoms with E-state index in [2.05, 4.69) is 17.3 Å². The number of nitrogens with zero attached hydrogens (tertiary/aromatic N) is 1. The molecule has 2 saturated heterocycles. The number of piperidine rings is 1. The molecule has 3 fully saturated rings. The van der Waals surface area contributed by atoms with Crippen LogP contribution < -0.4 is 10.1 Å². The molecule has 3 aliphatic heterocycles. The molecule has 9 unspecified atom stereocenters. The zero-order chi connectivity index (χ0) is 24.6. The van der Waals surface area contributed by atoms with Crippen molar-refractivity contribution in [2.45, 2.75) is 86.2 Å². The van der Waals surface area contributed by atoms with Crippen molar-refractivity contribution >= 4 is 5.91 Å². The van der Waals surface area contributed by atoms with E-state index in [0.717, 1.165) is 37.8 Å². The summed E-state index contributed by atoms with van der Waals surface area (Å²) in [7, 11) is 2.17. The lowest BCUT2D eigenvalue weighted by Gasteiger charge is -2.59. The highest BCUT2D eigenvalue weighted by molar-refractivity contribution is 5.77. The molecule has 2 aliphatic carbocycles. The largest absolute Gasteiger partial charge is 0.504 e. The third kappa shape index (κ3) is 3.27. The fourth-order valence-corrected chi connectivity index (χ4v) is 7.68. The topological polar surface area (TPSA) is 152 Å². The minimum absolute atomic E-state index is 0.134. The van der Waals surface area contributed by atoms with Crippen LogP contribution in [0, 0.1) is 5.92 Å². The number of hydrogen-bond acceptors (Lipinski definition) is 9. The molecule has 10 nitrogen and oxygen atoms in total. The molecule has 1 saturated carbocycles. The minimum atomic E-state index is -1.51. The number of phenols is 1. The van der Waals surface area contributed by atoms with Crippen molar-refractivity contribution in [2.75, 3.05) is 20.2 Å². The summed E-state index contributed by atoms with van der Waals surface area (Å²) in [5.41, 5.74) is 2.06. The Morgan fingerprint density at radius 1 is 1.17 bits per heavy atom. The molecule has 3 heterocycles. The first kappa shape index (κ1) is 23.4. The number of nitrogens with one attached hydrogen (secondary N) is 1. The SMILES string of the molecule is CN1CC[C@]23c4c5ccc(O)c4OC2C(NC(=O)CC2OC(CO)C(O)C(O)C2O)CCC3C1C5. The van der Waals surface area contributed by atoms with E-state index in [1.54, 1.807) is 6.07 Å². The van der Waals surface area contributed by atoms with E-state index >= 15 is 0 Å². The normalized spacial score (nSPS) is 43.9. The molecular formula is C25H34N2O8. The molecule has 6 rings (SSSR count). The van der Waals surface area contributed by atoms with Crippen LogP contribution >= 0.6 is 0 Å². The van der Waals surface area contributed by atoms with Gasteiger partial charge >= 0.3 is 0 Å². The van der Waals surface area contributed by atoms with E-state index in [0.29, 0.717) is 17.7 Å². The lowest BCUT2D eigenvalue weighted by atomic mass is 9.51. The van der Waals surface area contributed by atoms with Crippen LogP contribution in [0.15, 0.2) is 12.1 Å². The zero-order valence-corrected chi connectivity index (χ0v) is 19.7. The number of aromatic hydroxyl groups is 1. The molecule has 1 amide bonds. The summed E-state index contributed by atoms with van der Waals surface area (Å²) in [6.45, 7) is 0.381. The number of aliphatic hydroxyl groups excluding tert-OH is 4. The van der Waals surface area contributed by atoms with E-state index in [4.69, 9.17) is 9.47 Å². The first-order valence-electron chi connectivity index (χ1n) is 12.6. The number of aliphatic hydroxyl groups is 4. The Bertz CT molecular complexity index is 1020. The van der Waals surface area contributed by atoms with Crippen LogP contribution in [0.2, 0.25) is 0 Å². The molecule has 2 bridgehead atoms. The second-order valence-corrected chi connectivity index (χ2v) is 11.0. The number of carbonyl (C=O) groups excluding carboxylic acids is 1. The second-order valence-electron chi connectivity index (χ2n) is 11.0. The smallest absolute Gasteiger partial charge is 0.223 e. The van der Waals surface area contributed by atoms with Gasteiger partial charge in [-0.2, -0.15) is 0 Å². The van der Waals surface area contributed by atoms with Crippen molar-refractivity contribution in [1.82, 2.24) is 10.2 Å². The summed E-state index contributed by atoms with van der Waals surface area (Å²) in [4.78, 5) is 15.5. The van der Waals surface area contributed by atoms with Crippen molar-refractivity contribution in [3.63, 3.8) is 0 Å². The molecule has 5 aliphatic rings. The molecule has 1 aromatic carbocycles. The van der Waals surface area contributed by atoms with E-state index in [9.17, 15) is 30.3 Å². The van der Waals surface area contributed by atoms with Crippen LogP contribution in [0.4, 0.5) is 0 Å². The van der Waals surface area contributed by atoms with Gasteiger partial charge in [0.1, 0.15) is 30.5 Å². The first-order chi connectivity index (χ1) is 16.8. The van der Waals surface area contributed by atoms with Crippen molar-refractivity contribution in [3.05, 3.63) is 23.3 Å². The van der Waals surface area contributed by atoms with Gasteiger partial charge in [0.05, 0.1) is 25.2 Å². The maximum atomic E-state index is 13.1. The predicted molar refractivity (Wildman–Crippen MR) is 122 cm³/mol. The van der Waals surface area contributed by atoms with Crippen molar-refractivity contribution in [2.24, 2.45) is 5.92 Å². The zero-order valence-electron chi connectivity index (χ0n) is 19.7. The van der Waals surface area contributed by atoms with Gasteiger partial charge in [-0.3, -0.25) is 4.79 Å². The highest BCUT2D eigenvalue weighted by Crippen LogP contribution is 2.63. The molecule has 0 aromatic heterocycles. The summed E-state index contributed by atoms with van der Waals surface area (Å²) in [5, 5.41) is 53.5. The molecule has 0 radical (unpaired) electrons. The lowest BCUT2D eigenvalue weighted by molar-refractivity contribution is -0.229. The Morgan fingerprint density at radius 2 is 1.94 bits per heavy atom. The summed E-state index contributed by atoms with van der Waals surface area (Å²) < 4.78 is 12.0. The van der Waals surface area contributed by atoms with Gasteiger partial charge in [0.15, 0.2) is 11.5 Å². The van der Waals surface area contributed by atoms with Gasteiger partial charge in [-0.1, -0.05) is 6.07 Å². The van der Waals surface area contributed by atoms with E-state index in [1.807, 2.05) is 6.07 Å². The third-order valence-electron chi connectivity index (χ3n) is 9.32. The number of hydrogen-bond donors (Lipinski definition) is 6. The average Bonchev–Trinajstić information content (AvgIpc) is 3.20. The minimum Gasteiger partial charge on any atom is -0.504 e. The summed E-state index contributed by atoms with van der Waals surface area (Å²) in [6, 6.07) is 3.81. The monoisotopic (exact) mass is 490 g/mol. The Morgan fingerprint density at radius 3 is 2.71 bits per heavy atom. The van der Waals surface area contributed by atoms with Gasteiger partial charge in [-0.25, -0.2) is 0 Å². The Balaban J connectivity index is 1.25. The van der Waals surface area contributed by atoms with Crippen molar-refractivity contribution in [3.8, 4) is 11.5 Å². The van der Waals surface area contributed by atoms with Crippen molar-refractivity contribution < 1.29 is 39.8 Å². The lowest BCUT2D eigenvalue weighted by Crippen LogP contribution is -2.68. The second kappa shape index (κ2) is 8.29. The fourth-order valence-electron chi connectivity index (χ4n) is 7.68. The Hall–Kier alpha value is -1.95. The third-order valence-corrected chi connectivity index (χ3v) is 9.32. The van der Waals surface area contributed by atoms with Gasteiger partial charge in [-0.15, -0.1) is 0 Å². The molecule has 192 valence electrons. The summed E-state index contributed by atoms with van der Waals surface area (Å²) in [6.07, 6.45) is -3.59. The standard InChI is InChI=1S/C25H34N2O8/c1-27-7-6-25-12-3-4-13(24(25)35-23-15(29)5-2-11(19(23)25)8-14(12)27)26-18(30)9-16-20(31)22(33)21(32)17(10-28)34-16/h2,5,12-14,16-17,20-22,24,28-29,31-33H,3-4,6-10H2,1H3,(H,26,30)/t12?,13?,14?,16?,17?,20?,21?,22?,24?,25-/m0/s1. The Labute approximate surface area is 203 Å². The molecule has 35 heavy (non-hydrogen) atoms. The number of amides is 1. The highest BCUT2D eigenvalue weighted by Gasteiger charge is 2.65. The van der Waals surface area contributed by atoms with Crippen LogP contribution in [-0.2, 0) is 21.4 Å². The maximum Gasteiger partial charge on any atom is 0.223 e. The van der Waals surface area contributed by atoms with Crippen molar-refractivity contribution in [1.29, 1.82) is 0 Å². The van der Waals surface area contributed by atoms with Crippen LogP contribution in [0.3, 0.4) is 0 Å². The molecule has 1 spiro atoms. The molecule has 10 heteroatoms. The van der Waals surface area contributed by atoms with Crippen LogP contribution in [0.5, 0.6) is 11.5 Å². The van der Waals surface area contributed by atoms with Gasteiger partial charge in [0, 0.05) is 17.0 Å². The summed E-state index contributed by atoms with van der Waals surface area (Å²) >= 11 is 0. The molecule has 1 aromatic rings. The van der Waals surface area contributed by atoms with Gasteiger partial charge in [0.2, 0.25) is 5.91 Å². The van der Waals surface area contributed by atoms with Crippen LogP contribution in [0.25, 0.3) is 0 Å². The quantitative estimate of drug-likeness (QED) is 0.305. The summed E-state index contributed by atoms with van der Waals surface area (Å²) in [5.74, 6) is 0.699. The van der Waals surface area contributed by atoms with Gasteiger partial charge in [-0.05, 0) is 56.8 Å². The van der Waals surface area contributed by atoms with Gasteiger partial charge in [0.25, 0.3) is 0 Å². The van der Waals surface area contributed by atoms with E-state index in [-0.39, 0.29) is 35.6 Å². The number of rotatable bonds is 4. The molecule has 10 atom stereocenters. The maximum absolute atomic E-state index is 13.1. The predicted octanol–water partition coefficient (Wildman–Crippen LogP) is -1.22. The van der Waals surface area contributed by atoms with E-state index in [1.165, 1.54) is 5.56 Å². The fraction of sp³-hybridized carbons (Fsp3) is 0.720.